The fourth-order valence-corrected chi connectivity index (χ4v) is 4.46. The maximum Gasteiger partial charge on any atom is 1.00 e. The van der Waals surface area contributed by atoms with Crippen molar-refractivity contribution in [1.82, 2.24) is 0 Å². The Morgan fingerprint density at radius 1 is 0.862 bits per heavy atom. The summed E-state index contributed by atoms with van der Waals surface area (Å²) in [7, 11) is 3.74. The molecule has 0 radical (unpaired) electrons. The largest absolute Gasteiger partial charge is 1.00 e. The summed E-state index contributed by atoms with van der Waals surface area (Å²) in [5, 5.41) is 0.993. The summed E-state index contributed by atoms with van der Waals surface area (Å²) in [6.45, 7) is -1.17. The van der Waals surface area contributed by atoms with Crippen LogP contribution in [-0.4, -0.2) is 14.2 Å². The van der Waals surface area contributed by atoms with Crippen LogP contribution in [0.5, 0.6) is 5.75 Å². The van der Waals surface area contributed by atoms with Crippen LogP contribution in [0.1, 0.15) is 14.0 Å². The van der Waals surface area contributed by atoms with Crippen LogP contribution in [0.3, 0.4) is 0 Å². The number of anilines is 2. The zero-order valence-electron chi connectivity index (χ0n) is 19.1. The molecular weight excluding hydrogens is 419 g/mol. The number of para-hydroxylation sites is 2. The molecule has 0 spiro atoms. The van der Waals surface area contributed by atoms with E-state index in [2.05, 4.69) is 60.5 Å². The molecule has 0 aromatic heterocycles. The molecule has 3 nitrogen and oxygen atoms in total. The molecule has 138 valence electrons. The van der Waals surface area contributed by atoms with Gasteiger partial charge in [0.2, 0.25) is 17.1 Å². The molecule has 1 aliphatic heterocycles. The van der Waals surface area contributed by atoms with Gasteiger partial charge in [-0.05, 0) is 36.4 Å². The summed E-state index contributed by atoms with van der Waals surface area (Å²) in [6.07, 6.45) is 1.83. The Balaban J connectivity index is 0.00000225. The Hall–Kier alpha value is -0.680. The monoisotopic (exact) mass is 440 g/mol. The topological polar surface area (TPSA) is 21.7 Å². The van der Waals surface area contributed by atoms with Crippen LogP contribution in [0.25, 0.3) is 5.57 Å². The summed E-state index contributed by atoms with van der Waals surface area (Å²) in [6, 6.07) is 24.5. The molecule has 0 saturated heterocycles. The van der Waals surface area contributed by atoms with E-state index >= 15 is 0 Å². The number of fused-ring (bicyclic) bond motifs is 2. The van der Waals surface area contributed by atoms with Crippen LogP contribution in [0.15, 0.2) is 79.1 Å². The molecular formula is C22H21NNa2O2PS+. The van der Waals surface area contributed by atoms with E-state index in [1.165, 1.54) is 0 Å². The Labute approximate surface area is 225 Å². The maximum absolute atomic E-state index is 6.05. The van der Waals surface area contributed by atoms with Crippen molar-refractivity contribution in [3.8, 4) is 5.75 Å². The number of methoxy groups -OCH3 is 1. The van der Waals surface area contributed by atoms with Gasteiger partial charge in [-0.25, -0.2) is 0 Å². The van der Waals surface area contributed by atoms with Crippen molar-refractivity contribution in [2.75, 3.05) is 19.1 Å². The SMILES string of the molecule is COc1ccc([P+](=S)OC=C2c3ccccc3N(C)c3ccccc32)cc1.[H-].[H-].[Na+].[Na+]. The predicted molar refractivity (Wildman–Crippen MR) is 118 cm³/mol. The normalized spacial score (nSPS) is 11.9. The van der Waals surface area contributed by atoms with Crippen LogP contribution < -0.4 is 74.1 Å². The first kappa shape index (κ1) is 24.6. The van der Waals surface area contributed by atoms with E-state index in [0.717, 1.165) is 39.1 Å². The molecule has 4 rings (SSSR count). The molecule has 0 fully saturated rings. The van der Waals surface area contributed by atoms with Crippen molar-refractivity contribution in [3.05, 3.63) is 90.2 Å². The number of ether oxygens (including phenoxy) is 1. The van der Waals surface area contributed by atoms with E-state index in [1.807, 2.05) is 30.5 Å². The molecule has 29 heavy (non-hydrogen) atoms. The third-order valence-electron chi connectivity index (χ3n) is 4.66. The zero-order chi connectivity index (χ0) is 18.8. The third kappa shape index (κ3) is 5.15. The molecule has 7 heteroatoms. The summed E-state index contributed by atoms with van der Waals surface area (Å²) >= 11 is 5.62. The fraction of sp³-hybridized carbons (Fsp3) is 0.0909. The zero-order valence-corrected chi connectivity index (χ0v) is 22.8. The molecule has 3 aromatic rings. The van der Waals surface area contributed by atoms with Crippen LogP contribution in [0.2, 0.25) is 0 Å². The first-order valence-electron chi connectivity index (χ1n) is 8.60. The smallest absolute Gasteiger partial charge is 1.00 e. The van der Waals surface area contributed by atoms with Gasteiger partial charge in [-0.1, -0.05) is 36.4 Å². The van der Waals surface area contributed by atoms with Crippen molar-refractivity contribution < 1.29 is 71.2 Å². The quantitative estimate of drug-likeness (QED) is 0.313. The minimum absolute atomic E-state index is 0. The first-order chi connectivity index (χ1) is 13.2. The Morgan fingerprint density at radius 2 is 1.38 bits per heavy atom. The van der Waals surface area contributed by atoms with Gasteiger partial charge in [0.15, 0.2) is 6.26 Å². The number of benzene rings is 3. The van der Waals surface area contributed by atoms with Crippen molar-refractivity contribution in [1.29, 1.82) is 0 Å². The van der Waals surface area contributed by atoms with E-state index < -0.39 is 6.92 Å². The number of hydrogen-bond donors (Lipinski definition) is 0. The molecule has 3 aromatic carbocycles. The number of nitrogens with zero attached hydrogens (tertiary/aromatic N) is 1. The summed E-state index contributed by atoms with van der Waals surface area (Å²) < 4.78 is 11.3. The summed E-state index contributed by atoms with van der Waals surface area (Å²) in [5.41, 5.74) is 5.66. The Morgan fingerprint density at radius 3 is 1.90 bits per heavy atom. The maximum atomic E-state index is 6.05. The Kier molecular flexibility index (Phi) is 9.40. The first-order valence-corrected chi connectivity index (χ1v) is 10.9. The van der Waals surface area contributed by atoms with Gasteiger partial charge in [-0.15, -0.1) is 0 Å². The van der Waals surface area contributed by atoms with Crippen LogP contribution in [-0.2, 0) is 16.3 Å². The predicted octanol–water partition coefficient (Wildman–Crippen LogP) is -0.400. The average molecular weight is 440 g/mol. The van der Waals surface area contributed by atoms with Gasteiger partial charge < -0.3 is 12.5 Å². The summed E-state index contributed by atoms with van der Waals surface area (Å²) in [4.78, 5) is 2.21. The van der Waals surface area contributed by atoms with Crippen molar-refractivity contribution in [3.63, 3.8) is 0 Å². The van der Waals surface area contributed by atoms with Gasteiger partial charge in [0, 0.05) is 35.1 Å². The molecule has 1 heterocycles. The van der Waals surface area contributed by atoms with E-state index in [9.17, 15) is 0 Å². The molecule has 0 aliphatic carbocycles. The second-order valence-electron chi connectivity index (χ2n) is 6.19. The minimum atomic E-state index is -1.17. The molecule has 1 unspecified atom stereocenters. The van der Waals surface area contributed by atoms with E-state index in [4.69, 9.17) is 21.1 Å². The van der Waals surface area contributed by atoms with Gasteiger partial charge in [0.25, 0.3) is 0 Å². The van der Waals surface area contributed by atoms with E-state index in [-0.39, 0.29) is 62.0 Å². The van der Waals surface area contributed by atoms with Crippen LogP contribution in [0, 0.1) is 0 Å². The molecule has 0 saturated carbocycles. The van der Waals surface area contributed by atoms with Crippen molar-refractivity contribution >= 4 is 41.0 Å². The summed E-state index contributed by atoms with van der Waals surface area (Å²) in [5.74, 6) is 0.814. The van der Waals surface area contributed by atoms with Crippen molar-refractivity contribution in [2.45, 2.75) is 0 Å². The van der Waals surface area contributed by atoms with Gasteiger partial charge in [0.05, 0.1) is 7.11 Å². The van der Waals surface area contributed by atoms with E-state index in [1.54, 1.807) is 7.11 Å². The van der Waals surface area contributed by atoms with Crippen LogP contribution in [0.4, 0.5) is 11.4 Å². The van der Waals surface area contributed by atoms with Crippen LogP contribution >= 0.6 is 6.92 Å². The van der Waals surface area contributed by atoms with Gasteiger partial charge in [-0.2, -0.15) is 0 Å². The minimum Gasteiger partial charge on any atom is -1.00 e. The Bertz CT molecular complexity index is 1000. The molecule has 1 aliphatic rings. The number of hydrogen-bond acceptors (Lipinski definition) is 4. The number of rotatable bonds is 4. The molecule has 0 N–H and O–H groups in total. The van der Waals surface area contributed by atoms with E-state index in [0.29, 0.717) is 0 Å². The van der Waals surface area contributed by atoms with Gasteiger partial charge >= 0.3 is 66.0 Å². The second-order valence-corrected chi connectivity index (χ2v) is 8.42. The average Bonchev–Trinajstić information content (AvgIpc) is 2.73. The fourth-order valence-electron chi connectivity index (χ4n) is 3.25. The molecule has 0 amide bonds. The van der Waals surface area contributed by atoms with Crippen molar-refractivity contribution in [2.24, 2.45) is 0 Å². The third-order valence-corrected chi connectivity index (χ3v) is 6.57. The van der Waals surface area contributed by atoms with Gasteiger partial charge in [-0.3, -0.25) is 4.52 Å². The second kappa shape index (κ2) is 11.1. The molecule has 1 atom stereocenters. The van der Waals surface area contributed by atoms with Gasteiger partial charge in [0.1, 0.15) is 5.75 Å². The standard InChI is InChI=1S/C22H19NO2PS.2Na.2H/c1-23-21-9-5-3-7-18(21)20(19-8-4-6-10-22(19)23)15-25-26(27)17-13-11-16(24-2)12-14-17;;;;/h3-15H,1-2H3;;;;/q3*+1;2*-1. The molecule has 0 bridgehead atoms.